The van der Waals surface area contributed by atoms with Crippen LogP contribution in [0.2, 0.25) is 5.02 Å². The average Bonchev–Trinajstić information content (AvgIpc) is 2.66. The molecular formula is C21H17ClF3IN2O3. The van der Waals surface area contributed by atoms with Crippen molar-refractivity contribution in [2.24, 2.45) is 0 Å². The minimum atomic E-state index is -4.43. The predicted molar refractivity (Wildman–Crippen MR) is 120 cm³/mol. The van der Waals surface area contributed by atoms with Gasteiger partial charge in [-0.2, -0.15) is 13.2 Å². The van der Waals surface area contributed by atoms with E-state index in [0.717, 1.165) is 5.39 Å². The molecule has 0 spiro atoms. The minimum Gasteiger partial charge on any atom is -0.484 e. The number of carbonyl (C=O) groups is 1. The Morgan fingerprint density at radius 2 is 1.84 bits per heavy atom. The van der Waals surface area contributed by atoms with E-state index in [0.29, 0.717) is 17.0 Å². The highest BCUT2D eigenvalue weighted by Gasteiger charge is 2.28. The molecule has 0 bridgehead atoms. The normalized spacial score (nSPS) is 13.5. The molecule has 0 fully saturated rings. The smallest absolute Gasteiger partial charge is 0.422 e. The Kier molecular flexibility index (Phi) is 6.85. The Morgan fingerprint density at radius 3 is 2.48 bits per heavy atom. The van der Waals surface area contributed by atoms with Gasteiger partial charge in [0.05, 0.1) is 16.2 Å². The van der Waals surface area contributed by atoms with Gasteiger partial charge in [-0.25, -0.2) is 4.98 Å². The largest absolute Gasteiger partial charge is 0.484 e. The van der Waals surface area contributed by atoms with Crippen LogP contribution < -0.4 is 14.8 Å². The van der Waals surface area contributed by atoms with Gasteiger partial charge in [0.2, 0.25) is 5.91 Å². The summed E-state index contributed by atoms with van der Waals surface area (Å²) in [6.45, 7) is 1.90. The molecule has 3 rings (SSSR count). The van der Waals surface area contributed by atoms with E-state index in [1.165, 1.54) is 25.1 Å². The van der Waals surface area contributed by atoms with Crippen molar-refractivity contribution in [2.45, 2.75) is 23.6 Å². The molecule has 3 aromatic rings. The van der Waals surface area contributed by atoms with E-state index in [-0.39, 0.29) is 22.4 Å². The third-order valence-electron chi connectivity index (χ3n) is 4.09. The number of nitrogens with zero attached hydrogens (tertiary/aromatic N) is 1. The molecule has 0 saturated heterocycles. The Hall–Kier alpha value is -2.27. The van der Waals surface area contributed by atoms with E-state index in [4.69, 9.17) is 16.3 Å². The van der Waals surface area contributed by atoms with Gasteiger partial charge in [-0.1, -0.05) is 17.7 Å². The lowest BCUT2D eigenvalue weighted by Gasteiger charge is -2.23. The van der Waals surface area contributed by atoms with Crippen LogP contribution in [0.25, 0.3) is 10.9 Å². The molecule has 0 aliphatic rings. The van der Waals surface area contributed by atoms with Crippen LogP contribution in [-0.4, -0.2) is 23.7 Å². The number of rotatable bonds is 6. The Labute approximate surface area is 195 Å². The summed E-state index contributed by atoms with van der Waals surface area (Å²) in [5.41, 5.74) is 1.40. The van der Waals surface area contributed by atoms with Gasteiger partial charge in [0.15, 0.2) is 6.61 Å². The first-order chi connectivity index (χ1) is 14.4. The van der Waals surface area contributed by atoms with Crippen LogP contribution in [0.5, 0.6) is 17.2 Å². The highest BCUT2D eigenvalue weighted by molar-refractivity contribution is 14.1. The second kappa shape index (κ2) is 9.07. The maximum Gasteiger partial charge on any atom is 0.422 e. The van der Waals surface area contributed by atoms with Crippen LogP contribution >= 0.6 is 34.2 Å². The van der Waals surface area contributed by atoms with E-state index in [1.54, 1.807) is 18.2 Å². The average molecular weight is 565 g/mol. The van der Waals surface area contributed by atoms with Crippen molar-refractivity contribution in [1.29, 1.82) is 0 Å². The molecule has 1 atom stereocenters. The number of carbonyl (C=O) groups excluding carboxylic acids is 1. The van der Waals surface area contributed by atoms with Crippen molar-refractivity contribution in [3.8, 4) is 17.2 Å². The summed E-state index contributed by atoms with van der Waals surface area (Å²) in [6, 6.07) is 13.0. The van der Waals surface area contributed by atoms with Gasteiger partial charge in [0, 0.05) is 18.4 Å². The Morgan fingerprint density at radius 1 is 1.13 bits per heavy atom. The number of hydrogen-bond donors (Lipinski definition) is 1. The number of nitrogens with one attached hydrogen (secondary N) is 1. The van der Waals surface area contributed by atoms with Crippen LogP contribution in [0, 0.1) is 0 Å². The van der Waals surface area contributed by atoms with Gasteiger partial charge in [0.25, 0.3) is 0 Å². The molecule has 164 valence electrons. The second-order valence-corrected chi connectivity index (χ2v) is 9.40. The molecule has 0 radical (unpaired) electrons. The molecule has 1 aromatic heterocycles. The molecule has 10 heteroatoms. The van der Waals surface area contributed by atoms with Gasteiger partial charge in [-0.15, -0.1) is 0 Å². The summed E-state index contributed by atoms with van der Waals surface area (Å²) >= 11 is 8.25. The topological polar surface area (TPSA) is 60.5 Å². The Bertz CT molecular complexity index is 1120. The molecule has 0 saturated carbocycles. The summed E-state index contributed by atoms with van der Waals surface area (Å²) in [7, 11) is 0. The summed E-state index contributed by atoms with van der Waals surface area (Å²) in [6.07, 6.45) is -4.43. The fourth-order valence-electron chi connectivity index (χ4n) is 2.77. The van der Waals surface area contributed by atoms with Gasteiger partial charge in [-0.3, -0.25) is 4.79 Å². The number of fused-ring (bicyclic) bond motifs is 1. The molecular weight excluding hydrogens is 548 g/mol. The molecule has 1 unspecified atom stereocenters. The van der Waals surface area contributed by atoms with Crippen molar-refractivity contribution >= 4 is 51.0 Å². The van der Waals surface area contributed by atoms with Crippen molar-refractivity contribution in [3.05, 3.63) is 59.2 Å². The van der Waals surface area contributed by atoms with E-state index in [2.05, 4.69) is 37.6 Å². The number of aromatic nitrogens is 1. The van der Waals surface area contributed by atoms with Gasteiger partial charge < -0.3 is 14.8 Å². The summed E-state index contributed by atoms with van der Waals surface area (Å²) in [5, 5.41) is 3.76. The number of halogens is 5. The number of hydrogen-bond acceptors (Lipinski definition) is 4. The number of ether oxygens (including phenoxy) is 2. The van der Waals surface area contributed by atoms with Crippen LogP contribution in [0.1, 0.15) is 19.5 Å². The number of alkyl halides is 4. The first kappa shape index (κ1) is 23.4. The number of amides is 1. The molecule has 1 amide bonds. The first-order valence-electron chi connectivity index (χ1n) is 8.99. The van der Waals surface area contributed by atoms with Crippen molar-refractivity contribution in [1.82, 2.24) is 10.3 Å². The fraction of sp³-hybridized carbons (Fsp3) is 0.238. The molecule has 2 aromatic carbocycles. The zero-order valence-corrected chi connectivity index (χ0v) is 19.3. The third kappa shape index (κ3) is 6.36. The van der Waals surface area contributed by atoms with Gasteiger partial charge in [-0.05, 0) is 65.9 Å². The van der Waals surface area contributed by atoms with Crippen molar-refractivity contribution in [3.63, 3.8) is 0 Å². The molecule has 1 N–H and O–H groups in total. The van der Waals surface area contributed by atoms with E-state index < -0.39 is 16.3 Å². The minimum absolute atomic E-state index is 0.00839. The monoisotopic (exact) mass is 564 g/mol. The lowest BCUT2D eigenvalue weighted by molar-refractivity contribution is -0.153. The summed E-state index contributed by atoms with van der Waals surface area (Å²) < 4.78 is 46.6. The first-order valence-corrected chi connectivity index (χ1v) is 10.4. The maximum atomic E-state index is 12.3. The van der Waals surface area contributed by atoms with Crippen LogP contribution in [0.4, 0.5) is 13.2 Å². The van der Waals surface area contributed by atoms with Crippen LogP contribution in [0.3, 0.4) is 0 Å². The standard InChI is InChI=1S/C21H17ClF3IN2O3/c1-12(29)28-20(2,26)19-8-3-13-9-15(4-6-17(13)27-19)31-18-7-5-14(10-16(18)22)30-11-21(23,24)25/h3-10H,11H2,1-2H3,(H,28,29). The quantitative estimate of drug-likeness (QED) is 0.215. The zero-order chi connectivity index (χ0) is 22.8. The fourth-order valence-corrected chi connectivity index (χ4v) is 3.66. The van der Waals surface area contributed by atoms with Gasteiger partial charge in [0.1, 0.15) is 20.8 Å². The summed E-state index contributed by atoms with van der Waals surface area (Å²) in [5.74, 6) is 0.586. The molecule has 31 heavy (non-hydrogen) atoms. The van der Waals surface area contributed by atoms with Crippen LogP contribution in [-0.2, 0) is 8.34 Å². The zero-order valence-electron chi connectivity index (χ0n) is 16.4. The van der Waals surface area contributed by atoms with E-state index >= 15 is 0 Å². The molecule has 5 nitrogen and oxygen atoms in total. The SMILES string of the molecule is CC(=O)NC(C)(I)c1ccc2cc(Oc3ccc(OCC(F)(F)F)cc3Cl)ccc2n1. The molecule has 0 aliphatic heterocycles. The number of pyridine rings is 1. The van der Waals surface area contributed by atoms with Crippen molar-refractivity contribution < 1.29 is 27.4 Å². The molecule has 0 aliphatic carbocycles. The van der Waals surface area contributed by atoms with E-state index in [9.17, 15) is 18.0 Å². The molecule has 1 heterocycles. The summed E-state index contributed by atoms with van der Waals surface area (Å²) in [4.78, 5) is 16.0. The van der Waals surface area contributed by atoms with E-state index in [1.807, 2.05) is 19.1 Å². The van der Waals surface area contributed by atoms with Crippen molar-refractivity contribution in [2.75, 3.05) is 6.61 Å². The highest BCUT2D eigenvalue weighted by Crippen LogP contribution is 2.35. The second-order valence-electron chi connectivity index (χ2n) is 6.83. The lowest BCUT2D eigenvalue weighted by Crippen LogP contribution is -2.37. The predicted octanol–water partition coefficient (Wildman–Crippen LogP) is 6.37. The van der Waals surface area contributed by atoms with Gasteiger partial charge >= 0.3 is 6.18 Å². The van der Waals surface area contributed by atoms with Crippen LogP contribution in [0.15, 0.2) is 48.5 Å². The Balaban J connectivity index is 1.78. The highest BCUT2D eigenvalue weighted by atomic mass is 127. The maximum absolute atomic E-state index is 12.3. The number of benzene rings is 2. The third-order valence-corrected chi connectivity index (χ3v) is 5.20. The lowest BCUT2D eigenvalue weighted by atomic mass is 10.1.